The lowest BCUT2D eigenvalue weighted by Crippen LogP contribution is -2.12. The van der Waals surface area contributed by atoms with E-state index in [2.05, 4.69) is 10.3 Å². The van der Waals surface area contributed by atoms with E-state index in [1.807, 2.05) is 6.92 Å². The van der Waals surface area contributed by atoms with Crippen molar-refractivity contribution in [2.24, 2.45) is 5.14 Å². The lowest BCUT2D eigenvalue weighted by molar-refractivity contribution is 0.196. The molecule has 0 amide bonds. The van der Waals surface area contributed by atoms with Gasteiger partial charge in [-0.2, -0.15) is 0 Å². The van der Waals surface area contributed by atoms with Crippen LogP contribution in [0, 0.1) is 13.8 Å². The van der Waals surface area contributed by atoms with Crippen molar-refractivity contribution in [2.75, 3.05) is 5.32 Å². The number of fused-ring (bicyclic) bond motifs is 1. The van der Waals surface area contributed by atoms with Crippen molar-refractivity contribution >= 4 is 36.7 Å². The van der Waals surface area contributed by atoms with Gasteiger partial charge in [0.2, 0.25) is 10.0 Å². The molecule has 0 aliphatic heterocycles. The molecule has 5 N–H and O–H groups in total. The summed E-state index contributed by atoms with van der Waals surface area (Å²) in [6.45, 7) is 5.75. The molecule has 0 saturated carbocycles. The third-order valence-electron chi connectivity index (χ3n) is 4.51. The molecule has 1 aromatic heterocycles. The van der Waals surface area contributed by atoms with Gasteiger partial charge in [-0.25, -0.2) is 18.5 Å². The number of aromatic hydroxyl groups is 1. The summed E-state index contributed by atoms with van der Waals surface area (Å²) in [6.07, 6.45) is -0.814. The topological polar surface area (TPSA) is 126 Å². The number of hydrogen-bond donors (Lipinski definition) is 4. The maximum atomic E-state index is 11.3. The average Bonchev–Trinajstić information content (AvgIpc) is 3.01. The Morgan fingerprint density at radius 1 is 1.22 bits per heavy atom. The van der Waals surface area contributed by atoms with E-state index in [4.69, 9.17) is 5.14 Å². The number of nitrogens with zero attached hydrogens (tertiary/aromatic N) is 1. The van der Waals surface area contributed by atoms with Crippen LogP contribution in [0.4, 0.5) is 5.13 Å². The third kappa shape index (κ3) is 3.77. The molecule has 0 aliphatic rings. The molecule has 144 valence electrons. The van der Waals surface area contributed by atoms with Gasteiger partial charge in [0.25, 0.3) is 0 Å². The molecule has 3 aromatic rings. The Morgan fingerprint density at radius 3 is 2.41 bits per heavy atom. The zero-order valence-electron chi connectivity index (χ0n) is 15.1. The Hall–Kier alpha value is -2.20. The quantitative estimate of drug-likeness (QED) is 0.515. The predicted octanol–water partition coefficient (Wildman–Crippen LogP) is 2.93. The third-order valence-corrected chi connectivity index (χ3v) is 6.49. The van der Waals surface area contributed by atoms with Crippen molar-refractivity contribution in [1.82, 2.24) is 4.98 Å². The standard InChI is InChI=1S/C18H21N3O4S2/c1-9-10(2)16(23)14(11(3)22)17-15(9)21-18(26-17)20-8-12-4-6-13(7-5-12)27(19,24)25/h4-7,11,22-23H,8H2,1-3H3,(H,20,21)(H2,19,24,25)/t11-/m0/s1. The lowest BCUT2D eigenvalue weighted by Gasteiger charge is -2.13. The molecule has 1 atom stereocenters. The molecule has 0 unspecified atom stereocenters. The maximum Gasteiger partial charge on any atom is 0.238 e. The summed E-state index contributed by atoms with van der Waals surface area (Å²) >= 11 is 1.36. The Kier molecular flexibility index (Phi) is 5.13. The fraction of sp³-hybridized carbons (Fsp3) is 0.278. The SMILES string of the molecule is Cc1c(O)c([C@H](C)O)c2sc(NCc3ccc(S(N)(=O)=O)cc3)nc2c1C. The van der Waals surface area contributed by atoms with Crippen LogP contribution in [-0.4, -0.2) is 23.6 Å². The molecule has 1 heterocycles. The molecular weight excluding hydrogens is 386 g/mol. The number of hydrogen-bond acceptors (Lipinski definition) is 7. The smallest absolute Gasteiger partial charge is 0.238 e. The number of sulfonamides is 1. The number of rotatable bonds is 5. The van der Waals surface area contributed by atoms with Crippen molar-refractivity contribution in [3.05, 3.63) is 46.5 Å². The number of thiazole rings is 1. The van der Waals surface area contributed by atoms with Gasteiger partial charge in [0.15, 0.2) is 5.13 Å². The van der Waals surface area contributed by atoms with Crippen LogP contribution in [-0.2, 0) is 16.6 Å². The van der Waals surface area contributed by atoms with Gasteiger partial charge < -0.3 is 15.5 Å². The minimum atomic E-state index is -3.71. The highest BCUT2D eigenvalue weighted by atomic mass is 32.2. The fourth-order valence-electron chi connectivity index (χ4n) is 2.86. The second-order valence-electron chi connectivity index (χ2n) is 6.43. The first-order valence-electron chi connectivity index (χ1n) is 8.25. The summed E-state index contributed by atoms with van der Waals surface area (Å²) in [4.78, 5) is 4.66. The van der Waals surface area contributed by atoms with Crippen LogP contribution in [0.5, 0.6) is 5.75 Å². The van der Waals surface area contributed by atoms with E-state index in [-0.39, 0.29) is 10.6 Å². The molecule has 0 fully saturated rings. The number of aliphatic hydroxyl groups excluding tert-OH is 1. The molecule has 9 heteroatoms. The second-order valence-corrected chi connectivity index (χ2v) is 8.99. The Morgan fingerprint density at radius 2 is 1.85 bits per heavy atom. The van der Waals surface area contributed by atoms with Gasteiger partial charge in [-0.05, 0) is 49.6 Å². The Bertz CT molecular complexity index is 1100. The van der Waals surface area contributed by atoms with Crippen molar-refractivity contribution < 1.29 is 18.6 Å². The first-order chi connectivity index (χ1) is 12.6. The van der Waals surface area contributed by atoms with Crippen LogP contribution in [0.15, 0.2) is 29.2 Å². The number of nitrogens with two attached hydrogens (primary N) is 1. The zero-order valence-corrected chi connectivity index (χ0v) is 16.8. The lowest BCUT2D eigenvalue weighted by atomic mass is 10.00. The summed E-state index contributed by atoms with van der Waals surface area (Å²) in [5.74, 6) is 0.101. The average molecular weight is 408 g/mol. The van der Waals surface area contributed by atoms with Crippen molar-refractivity contribution in [1.29, 1.82) is 0 Å². The Labute approximate surface area is 161 Å². The van der Waals surface area contributed by atoms with E-state index >= 15 is 0 Å². The minimum Gasteiger partial charge on any atom is -0.507 e. The number of aliphatic hydroxyl groups is 1. The number of phenols is 1. The predicted molar refractivity (Wildman–Crippen MR) is 107 cm³/mol. The molecule has 0 aliphatic carbocycles. The van der Waals surface area contributed by atoms with Crippen LogP contribution in [0.2, 0.25) is 0 Å². The zero-order chi connectivity index (χ0) is 19.9. The monoisotopic (exact) mass is 407 g/mol. The number of primary sulfonamides is 1. The molecule has 27 heavy (non-hydrogen) atoms. The molecule has 0 bridgehead atoms. The van der Waals surface area contributed by atoms with E-state index in [9.17, 15) is 18.6 Å². The highest BCUT2D eigenvalue weighted by molar-refractivity contribution is 7.89. The normalized spacial score (nSPS) is 13.1. The number of anilines is 1. The van der Waals surface area contributed by atoms with Crippen molar-refractivity contribution in [3.8, 4) is 5.75 Å². The molecule has 0 radical (unpaired) electrons. The van der Waals surface area contributed by atoms with Crippen LogP contribution >= 0.6 is 11.3 Å². The molecule has 0 spiro atoms. The van der Waals surface area contributed by atoms with E-state index < -0.39 is 16.1 Å². The van der Waals surface area contributed by atoms with E-state index in [0.717, 1.165) is 21.3 Å². The van der Waals surface area contributed by atoms with Crippen molar-refractivity contribution in [2.45, 2.75) is 38.3 Å². The highest BCUT2D eigenvalue weighted by Crippen LogP contribution is 2.41. The summed E-state index contributed by atoms with van der Waals surface area (Å²) in [6, 6.07) is 6.29. The molecule has 0 saturated heterocycles. The van der Waals surface area contributed by atoms with E-state index in [1.165, 1.54) is 23.5 Å². The Balaban J connectivity index is 1.90. The largest absolute Gasteiger partial charge is 0.507 e. The van der Waals surface area contributed by atoms with E-state index in [0.29, 0.717) is 22.8 Å². The summed E-state index contributed by atoms with van der Waals surface area (Å²) in [5, 5.41) is 29.4. The van der Waals surface area contributed by atoms with Gasteiger partial charge in [-0.15, -0.1) is 0 Å². The minimum absolute atomic E-state index is 0.0642. The van der Waals surface area contributed by atoms with Crippen LogP contribution in [0.25, 0.3) is 10.2 Å². The summed E-state index contributed by atoms with van der Waals surface area (Å²) in [5.41, 5.74) is 3.67. The highest BCUT2D eigenvalue weighted by Gasteiger charge is 2.21. The van der Waals surface area contributed by atoms with Crippen LogP contribution in [0.1, 0.15) is 35.3 Å². The number of phenolic OH excluding ortho intramolecular Hbond substituents is 1. The van der Waals surface area contributed by atoms with Gasteiger partial charge in [0.1, 0.15) is 5.75 Å². The number of benzene rings is 2. The van der Waals surface area contributed by atoms with Gasteiger partial charge >= 0.3 is 0 Å². The van der Waals surface area contributed by atoms with Gasteiger partial charge in [-0.1, -0.05) is 23.5 Å². The van der Waals surface area contributed by atoms with Gasteiger partial charge in [0.05, 0.1) is 21.2 Å². The summed E-state index contributed by atoms with van der Waals surface area (Å²) < 4.78 is 23.4. The van der Waals surface area contributed by atoms with Crippen LogP contribution in [0.3, 0.4) is 0 Å². The number of aromatic nitrogens is 1. The van der Waals surface area contributed by atoms with E-state index in [1.54, 1.807) is 26.0 Å². The maximum absolute atomic E-state index is 11.3. The molecule has 7 nitrogen and oxygen atoms in total. The number of aryl methyl sites for hydroxylation is 1. The molecule has 3 rings (SSSR count). The van der Waals surface area contributed by atoms with Crippen LogP contribution < -0.4 is 10.5 Å². The van der Waals surface area contributed by atoms with Crippen molar-refractivity contribution in [3.63, 3.8) is 0 Å². The molecular formula is C18H21N3O4S2. The molecule has 2 aromatic carbocycles. The second kappa shape index (κ2) is 7.08. The fourth-order valence-corrected chi connectivity index (χ4v) is 4.52. The first kappa shape index (κ1) is 19.6. The van der Waals surface area contributed by atoms with Gasteiger partial charge in [0, 0.05) is 12.1 Å². The number of nitrogens with one attached hydrogen (secondary N) is 1. The first-order valence-corrected chi connectivity index (χ1v) is 10.6. The summed E-state index contributed by atoms with van der Waals surface area (Å²) in [7, 11) is -3.71. The van der Waals surface area contributed by atoms with Gasteiger partial charge in [-0.3, -0.25) is 0 Å².